The fourth-order valence-corrected chi connectivity index (χ4v) is 3.48. The normalized spacial score (nSPS) is 16.9. The lowest BCUT2D eigenvalue weighted by Gasteiger charge is -2.11. The SMILES string of the molecule is O=C(C[C@H]1SC(c2ccc(O)cc2)=NC1=O)Nc1cccc(C(F)(F)F)c1. The molecule has 0 aromatic heterocycles. The number of halogens is 3. The van der Waals surface area contributed by atoms with Crippen LogP contribution in [0.4, 0.5) is 18.9 Å². The van der Waals surface area contributed by atoms with Gasteiger partial charge in [0.05, 0.1) is 5.56 Å². The van der Waals surface area contributed by atoms with E-state index in [9.17, 15) is 27.9 Å². The van der Waals surface area contributed by atoms with E-state index in [-0.39, 0.29) is 17.9 Å². The topological polar surface area (TPSA) is 78.8 Å². The van der Waals surface area contributed by atoms with Crippen molar-refractivity contribution >= 4 is 34.3 Å². The molecule has 1 heterocycles. The molecule has 27 heavy (non-hydrogen) atoms. The summed E-state index contributed by atoms with van der Waals surface area (Å²) < 4.78 is 38.2. The largest absolute Gasteiger partial charge is 0.508 e. The fraction of sp³-hybridized carbons (Fsp3) is 0.167. The third-order valence-electron chi connectivity index (χ3n) is 3.70. The van der Waals surface area contributed by atoms with E-state index < -0.39 is 28.8 Å². The van der Waals surface area contributed by atoms with Gasteiger partial charge in [-0.1, -0.05) is 17.8 Å². The molecule has 0 spiro atoms. The van der Waals surface area contributed by atoms with Crippen LogP contribution in [0.3, 0.4) is 0 Å². The summed E-state index contributed by atoms with van der Waals surface area (Å²) in [6.07, 6.45) is -4.73. The van der Waals surface area contributed by atoms with Gasteiger partial charge in [0.2, 0.25) is 5.91 Å². The van der Waals surface area contributed by atoms with Gasteiger partial charge >= 0.3 is 6.18 Å². The van der Waals surface area contributed by atoms with Gasteiger partial charge in [-0.3, -0.25) is 9.59 Å². The number of rotatable bonds is 4. The number of amides is 2. The quantitative estimate of drug-likeness (QED) is 0.826. The molecule has 140 valence electrons. The van der Waals surface area contributed by atoms with Gasteiger partial charge in [0.1, 0.15) is 16.0 Å². The van der Waals surface area contributed by atoms with Crippen molar-refractivity contribution in [2.75, 3.05) is 5.32 Å². The number of carbonyl (C=O) groups excluding carboxylic acids is 2. The Bertz CT molecular complexity index is 911. The number of nitrogens with zero attached hydrogens (tertiary/aromatic N) is 1. The zero-order chi connectivity index (χ0) is 19.6. The molecule has 0 radical (unpaired) electrons. The van der Waals surface area contributed by atoms with E-state index in [1.807, 2.05) is 0 Å². The first-order chi connectivity index (χ1) is 12.7. The number of aliphatic imine (C=N–C) groups is 1. The van der Waals surface area contributed by atoms with E-state index >= 15 is 0 Å². The molecule has 9 heteroatoms. The van der Waals surface area contributed by atoms with Crippen LogP contribution < -0.4 is 5.32 Å². The van der Waals surface area contributed by atoms with Gasteiger partial charge in [0.25, 0.3) is 5.91 Å². The van der Waals surface area contributed by atoms with Crippen molar-refractivity contribution in [2.24, 2.45) is 4.99 Å². The van der Waals surface area contributed by atoms with Crippen molar-refractivity contribution in [3.63, 3.8) is 0 Å². The lowest BCUT2D eigenvalue weighted by molar-refractivity contribution is -0.137. The number of nitrogens with one attached hydrogen (secondary N) is 1. The summed E-state index contributed by atoms with van der Waals surface area (Å²) in [7, 11) is 0. The minimum Gasteiger partial charge on any atom is -0.508 e. The van der Waals surface area contributed by atoms with Gasteiger partial charge < -0.3 is 10.4 Å². The number of phenols is 1. The van der Waals surface area contributed by atoms with Gasteiger partial charge in [-0.05, 0) is 42.5 Å². The summed E-state index contributed by atoms with van der Waals surface area (Å²) in [5, 5.41) is 11.3. The lowest BCUT2D eigenvalue weighted by Crippen LogP contribution is -2.21. The molecule has 1 aliphatic heterocycles. The first kappa shape index (κ1) is 19.0. The van der Waals surface area contributed by atoms with Gasteiger partial charge in [-0.2, -0.15) is 13.2 Å². The number of hydrogen-bond donors (Lipinski definition) is 2. The van der Waals surface area contributed by atoms with Crippen molar-refractivity contribution in [3.8, 4) is 5.75 Å². The average Bonchev–Trinajstić information content (AvgIpc) is 2.95. The van der Waals surface area contributed by atoms with E-state index in [1.54, 1.807) is 12.1 Å². The number of hydrogen-bond acceptors (Lipinski definition) is 4. The van der Waals surface area contributed by atoms with Crippen molar-refractivity contribution in [1.82, 2.24) is 0 Å². The summed E-state index contributed by atoms with van der Waals surface area (Å²) in [4.78, 5) is 28.0. The second-order valence-corrected chi connectivity index (χ2v) is 6.93. The molecule has 1 aliphatic rings. The number of carbonyl (C=O) groups is 2. The molecule has 2 N–H and O–H groups in total. The second kappa shape index (κ2) is 7.43. The molecule has 3 rings (SSSR count). The number of alkyl halides is 3. The molecule has 0 aliphatic carbocycles. The maximum absolute atomic E-state index is 12.7. The summed E-state index contributed by atoms with van der Waals surface area (Å²) in [5.74, 6) is -0.990. The first-order valence-corrected chi connectivity index (χ1v) is 8.66. The second-order valence-electron chi connectivity index (χ2n) is 5.74. The Balaban J connectivity index is 1.62. The van der Waals surface area contributed by atoms with E-state index in [2.05, 4.69) is 10.3 Å². The standard InChI is InChI=1S/C18H13F3N2O3S/c19-18(20,21)11-2-1-3-12(8-11)22-15(25)9-14-16(26)23-17(27-14)10-4-6-13(24)7-5-10/h1-8,14,24H,9H2,(H,22,25)/t14-/m1/s1. The number of thioether (sulfide) groups is 1. The van der Waals surface area contributed by atoms with Gasteiger partial charge in [0.15, 0.2) is 0 Å². The summed E-state index contributed by atoms with van der Waals surface area (Å²) >= 11 is 1.10. The zero-order valence-electron chi connectivity index (χ0n) is 13.7. The molecule has 1 atom stereocenters. The monoisotopic (exact) mass is 394 g/mol. The lowest BCUT2D eigenvalue weighted by atomic mass is 10.2. The summed E-state index contributed by atoms with van der Waals surface area (Å²) in [5.41, 5.74) is -0.235. The van der Waals surface area contributed by atoms with Crippen LogP contribution in [0.1, 0.15) is 17.5 Å². The molecule has 0 saturated carbocycles. The Hall–Kier alpha value is -2.81. The molecular weight excluding hydrogens is 381 g/mol. The van der Waals surface area contributed by atoms with Crippen LogP contribution in [0.5, 0.6) is 5.75 Å². The van der Waals surface area contributed by atoms with Gasteiger partial charge in [-0.25, -0.2) is 4.99 Å². The van der Waals surface area contributed by atoms with Crippen LogP contribution in [0.25, 0.3) is 0 Å². The minimum atomic E-state index is -4.51. The highest BCUT2D eigenvalue weighted by Crippen LogP contribution is 2.32. The Kier molecular flexibility index (Phi) is 5.22. The highest BCUT2D eigenvalue weighted by Gasteiger charge is 2.32. The van der Waals surface area contributed by atoms with Crippen molar-refractivity contribution < 1.29 is 27.9 Å². The zero-order valence-corrected chi connectivity index (χ0v) is 14.5. The average molecular weight is 394 g/mol. The Morgan fingerprint density at radius 2 is 1.89 bits per heavy atom. The van der Waals surface area contributed by atoms with Crippen molar-refractivity contribution in [2.45, 2.75) is 17.8 Å². The van der Waals surface area contributed by atoms with Crippen molar-refractivity contribution in [3.05, 3.63) is 59.7 Å². The maximum atomic E-state index is 12.7. The highest BCUT2D eigenvalue weighted by molar-refractivity contribution is 8.16. The number of phenolic OH excluding ortho intramolecular Hbond substituents is 1. The van der Waals surface area contributed by atoms with Crippen LogP contribution in [-0.4, -0.2) is 27.2 Å². The third kappa shape index (κ3) is 4.68. The molecule has 0 saturated heterocycles. The number of aromatic hydroxyl groups is 1. The predicted molar refractivity (Wildman–Crippen MR) is 95.7 cm³/mol. The van der Waals surface area contributed by atoms with Gasteiger partial charge in [0, 0.05) is 17.7 Å². The fourth-order valence-electron chi connectivity index (χ4n) is 2.40. The summed E-state index contributed by atoms with van der Waals surface area (Å²) in [6, 6.07) is 10.4. The van der Waals surface area contributed by atoms with E-state index in [4.69, 9.17) is 0 Å². The Morgan fingerprint density at radius 3 is 2.56 bits per heavy atom. The van der Waals surface area contributed by atoms with Crippen LogP contribution >= 0.6 is 11.8 Å². The molecule has 2 amide bonds. The van der Waals surface area contributed by atoms with E-state index in [1.165, 1.54) is 24.3 Å². The van der Waals surface area contributed by atoms with Crippen molar-refractivity contribution in [1.29, 1.82) is 0 Å². The van der Waals surface area contributed by atoms with E-state index in [0.29, 0.717) is 10.6 Å². The smallest absolute Gasteiger partial charge is 0.416 e. The van der Waals surface area contributed by atoms with E-state index in [0.717, 1.165) is 23.9 Å². The van der Waals surface area contributed by atoms with Crippen LogP contribution in [-0.2, 0) is 15.8 Å². The molecule has 5 nitrogen and oxygen atoms in total. The first-order valence-electron chi connectivity index (χ1n) is 7.78. The number of benzene rings is 2. The van der Waals surface area contributed by atoms with Crippen LogP contribution in [0.2, 0.25) is 0 Å². The molecule has 0 unspecified atom stereocenters. The Labute approximate surface area is 156 Å². The van der Waals surface area contributed by atoms with Crippen LogP contribution in [0.15, 0.2) is 53.5 Å². The molecule has 0 bridgehead atoms. The molecule has 0 fully saturated rings. The molecule has 2 aromatic rings. The van der Waals surface area contributed by atoms with Gasteiger partial charge in [-0.15, -0.1) is 0 Å². The van der Waals surface area contributed by atoms with Crippen LogP contribution in [0, 0.1) is 0 Å². The minimum absolute atomic E-state index is 0.00458. The molecular formula is C18H13F3N2O3S. The predicted octanol–water partition coefficient (Wildman–Crippen LogP) is 3.83. The summed E-state index contributed by atoms with van der Waals surface area (Å²) in [6.45, 7) is 0. The number of anilines is 1. The molecule has 2 aromatic carbocycles. The third-order valence-corrected chi connectivity index (χ3v) is 4.90. The Morgan fingerprint density at radius 1 is 1.19 bits per heavy atom. The highest BCUT2D eigenvalue weighted by atomic mass is 32.2. The maximum Gasteiger partial charge on any atom is 0.416 e.